The largest absolute Gasteiger partial charge is 0.331 e. The van der Waals surface area contributed by atoms with Crippen LogP contribution in [0.4, 0.5) is 0 Å². The lowest BCUT2D eigenvalue weighted by Crippen LogP contribution is -2.21. The van der Waals surface area contributed by atoms with Crippen molar-refractivity contribution in [1.82, 2.24) is 9.55 Å². The second-order valence-electron chi connectivity index (χ2n) is 3.48. The highest BCUT2D eigenvalue weighted by Gasteiger charge is 2.04. The van der Waals surface area contributed by atoms with Crippen LogP contribution < -0.4 is 5.56 Å². The zero-order valence-electron chi connectivity index (χ0n) is 8.70. The zero-order chi connectivity index (χ0) is 11.0. The molecule has 15 heavy (non-hydrogen) atoms. The monoisotopic (exact) mass is 220 g/mol. The van der Waals surface area contributed by atoms with Crippen LogP contribution in [0.2, 0.25) is 0 Å². The van der Waals surface area contributed by atoms with Gasteiger partial charge in [0.05, 0.1) is 10.9 Å². The Kier molecular flexibility index (Phi) is 2.44. The Morgan fingerprint density at radius 1 is 1.47 bits per heavy atom. The number of nitrogens with zero attached hydrogens (tertiary/aromatic N) is 1. The van der Waals surface area contributed by atoms with Gasteiger partial charge in [-0.05, 0) is 37.7 Å². The van der Waals surface area contributed by atoms with Crippen LogP contribution in [0.5, 0.6) is 0 Å². The van der Waals surface area contributed by atoms with E-state index in [4.69, 9.17) is 12.2 Å². The fourth-order valence-electron chi connectivity index (χ4n) is 1.71. The van der Waals surface area contributed by atoms with Crippen molar-refractivity contribution < 1.29 is 0 Å². The molecule has 0 aliphatic heterocycles. The smallest absolute Gasteiger partial charge is 0.262 e. The maximum atomic E-state index is 12.0. The number of fused-ring (bicyclic) bond motifs is 1. The molecule has 0 unspecified atom stereocenters. The van der Waals surface area contributed by atoms with Crippen LogP contribution >= 0.6 is 12.2 Å². The van der Waals surface area contributed by atoms with Gasteiger partial charge in [-0.2, -0.15) is 0 Å². The average molecular weight is 220 g/mol. The first kappa shape index (κ1) is 10.1. The summed E-state index contributed by atoms with van der Waals surface area (Å²) in [6, 6.07) is 5.67. The van der Waals surface area contributed by atoms with Gasteiger partial charge in [0.25, 0.3) is 5.56 Å². The van der Waals surface area contributed by atoms with Crippen LogP contribution in [0, 0.1) is 11.7 Å². The van der Waals surface area contributed by atoms with Crippen LogP contribution in [0.15, 0.2) is 23.0 Å². The molecule has 1 aromatic heterocycles. The number of hydrogen-bond acceptors (Lipinski definition) is 2. The normalized spacial score (nSPS) is 10.8. The van der Waals surface area contributed by atoms with Gasteiger partial charge in [0.2, 0.25) is 0 Å². The molecule has 0 amide bonds. The fraction of sp³-hybridized carbons (Fsp3) is 0.273. The SMILES string of the molecule is CCn1c(=S)[nH]c2c(C)cccc2c1=O. The van der Waals surface area contributed by atoms with Gasteiger partial charge >= 0.3 is 0 Å². The second kappa shape index (κ2) is 3.62. The summed E-state index contributed by atoms with van der Waals surface area (Å²) in [4.78, 5) is 15.1. The third-order valence-corrected chi connectivity index (χ3v) is 2.86. The van der Waals surface area contributed by atoms with E-state index in [1.807, 2.05) is 32.0 Å². The summed E-state index contributed by atoms with van der Waals surface area (Å²) < 4.78 is 2.06. The number of H-pyrrole nitrogens is 1. The number of hydrogen-bond donors (Lipinski definition) is 1. The average Bonchev–Trinajstić information content (AvgIpc) is 2.20. The van der Waals surface area contributed by atoms with Gasteiger partial charge < -0.3 is 4.98 Å². The van der Waals surface area contributed by atoms with Gasteiger partial charge in [-0.25, -0.2) is 0 Å². The summed E-state index contributed by atoms with van der Waals surface area (Å²) in [6.07, 6.45) is 0. The standard InChI is InChI=1S/C11H12N2OS/c1-3-13-10(14)8-6-4-5-7(2)9(8)12-11(13)15/h4-6H,3H2,1-2H3,(H,12,15). The molecular weight excluding hydrogens is 208 g/mol. The molecule has 0 bridgehead atoms. The van der Waals surface area contributed by atoms with Gasteiger partial charge in [0, 0.05) is 6.54 Å². The maximum absolute atomic E-state index is 12.0. The van der Waals surface area contributed by atoms with Crippen molar-refractivity contribution in [2.45, 2.75) is 20.4 Å². The van der Waals surface area contributed by atoms with Crippen LogP contribution in [0.3, 0.4) is 0 Å². The van der Waals surface area contributed by atoms with Gasteiger partial charge in [-0.3, -0.25) is 9.36 Å². The molecule has 0 radical (unpaired) electrons. The zero-order valence-corrected chi connectivity index (χ0v) is 9.52. The predicted octanol–water partition coefficient (Wildman–Crippen LogP) is 2.39. The van der Waals surface area contributed by atoms with E-state index >= 15 is 0 Å². The van der Waals surface area contributed by atoms with Crippen molar-refractivity contribution in [1.29, 1.82) is 0 Å². The minimum atomic E-state index is -0.0139. The van der Waals surface area contributed by atoms with Crippen molar-refractivity contribution in [2.75, 3.05) is 0 Å². The van der Waals surface area contributed by atoms with E-state index in [-0.39, 0.29) is 5.56 Å². The Bertz CT molecular complexity index is 625. The predicted molar refractivity (Wildman–Crippen MR) is 63.8 cm³/mol. The summed E-state index contributed by atoms with van der Waals surface area (Å²) in [5, 5.41) is 0.699. The summed E-state index contributed by atoms with van der Waals surface area (Å²) in [5.41, 5.74) is 1.87. The Morgan fingerprint density at radius 3 is 2.87 bits per heavy atom. The van der Waals surface area contributed by atoms with Crippen LogP contribution in [-0.2, 0) is 6.54 Å². The molecule has 2 aromatic rings. The van der Waals surface area contributed by atoms with Crippen LogP contribution in [0.25, 0.3) is 10.9 Å². The third kappa shape index (κ3) is 1.51. The van der Waals surface area contributed by atoms with Gasteiger partial charge in [-0.1, -0.05) is 12.1 Å². The molecule has 1 N–H and O–H groups in total. The third-order valence-electron chi connectivity index (χ3n) is 2.54. The highest BCUT2D eigenvalue weighted by molar-refractivity contribution is 7.71. The fourth-order valence-corrected chi connectivity index (χ4v) is 2.03. The van der Waals surface area contributed by atoms with E-state index in [1.165, 1.54) is 0 Å². The van der Waals surface area contributed by atoms with Gasteiger partial charge in [-0.15, -0.1) is 0 Å². The lowest BCUT2D eigenvalue weighted by molar-refractivity contribution is 0.704. The molecule has 0 aliphatic carbocycles. The highest BCUT2D eigenvalue weighted by Crippen LogP contribution is 2.11. The highest BCUT2D eigenvalue weighted by atomic mass is 32.1. The molecule has 0 spiro atoms. The second-order valence-corrected chi connectivity index (χ2v) is 3.86. The van der Waals surface area contributed by atoms with E-state index in [0.29, 0.717) is 16.7 Å². The van der Waals surface area contributed by atoms with Crippen molar-refractivity contribution in [3.8, 4) is 0 Å². The molecule has 2 rings (SSSR count). The molecular formula is C11H12N2OS. The van der Waals surface area contributed by atoms with E-state index in [1.54, 1.807) is 4.57 Å². The molecule has 0 saturated carbocycles. The molecule has 78 valence electrons. The van der Waals surface area contributed by atoms with Crippen molar-refractivity contribution in [3.05, 3.63) is 38.9 Å². The Morgan fingerprint density at radius 2 is 2.20 bits per heavy atom. The summed E-state index contributed by atoms with van der Waals surface area (Å²) in [6.45, 7) is 4.47. The first-order valence-corrected chi connectivity index (χ1v) is 5.28. The Balaban J connectivity index is 3.05. The number of aromatic amines is 1. The topological polar surface area (TPSA) is 37.8 Å². The number of rotatable bonds is 1. The Hall–Kier alpha value is -1.42. The lowest BCUT2D eigenvalue weighted by Gasteiger charge is -2.06. The molecule has 0 fully saturated rings. The lowest BCUT2D eigenvalue weighted by atomic mass is 10.1. The minimum Gasteiger partial charge on any atom is -0.331 e. The summed E-state index contributed by atoms with van der Waals surface area (Å²) in [5.74, 6) is 0. The number of aryl methyl sites for hydroxylation is 1. The van der Waals surface area contributed by atoms with E-state index in [9.17, 15) is 4.79 Å². The molecule has 4 heteroatoms. The van der Waals surface area contributed by atoms with Gasteiger partial charge in [0.15, 0.2) is 4.77 Å². The number of nitrogens with one attached hydrogen (secondary N) is 1. The minimum absolute atomic E-state index is 0.0139. The molecule has 0 atom stereocenters. The quantitative estimate of drug-likeness (QED) is 0.749. The Labute approximate surface area is 92.4 Å². The summed E-state index contributed by atoms with van der Waals surface area (Å²) >= 11 is 5.13. The van der Waals surface area contributed by atoms with E-state index in [0.717, 1.165) is 11.1 Å². The number of aromatic nitrogens is 2. The van der Waals surface area contributed by atoms with E-state index in [2.05, 4.69) is 4.98 Å². The van der Waals surface area contributed by atoms with E-state index < -0.39 is 0 Å². The van der Waals surface area contributed by atoms with Crippen LogP contribution in [-0.4, -0.2) is 9.55 Å². The van der Waals surface area contributed by atoms with Crippen molar-refractivity contribution in [2.24, 2.45) is 0 Å². The first-order chi connectivity index (χ1) is 7.15. The molecule has 1 aromatic carbocycles. The molecule has 0 aliphatic rings. The van der Waals surface area contributed by atoms with Crippen LogP contribution in [0.1, 0.15) is 12.5 Å². The van der Waals surface area contributed by atoms with Crippen molar-refractivity contribution in [3.63, 3.8) is 0 Å². The number of benzene rings is 1. The molecule has 3 nitrogen and oxygen atoms in total. The first-order valence-electron chi connectivity index (χ1n) is 4.87. The van der Waals surface area contributed by atoms with Gasteiger partial charge in [0.1, 0.15) is 0 Å². The molecule has 0 saturated heterocycles. The van der Waals surface area contributed by atoms with Crippen molar-refractivity contribution >= 4 is 23.1 Å². The summed E-state index contributed by atoms with van der Waals surface area (Å²) in [7, 11) is 0. The molecule has 1 heterocycles. The number of para-hydroxylation sites is 1. The maximum Gasteiger partial charge on any atom is 0.262 e.